The maximum atomic E-state index is 13.8. The van der Waals surface area contributed by atoms with Crippen molar-refractivity contribution in [3.63, 3.8) is 0 Å². The Morgan fingerprint density at radius 2 is 0.610 bits per heavy atom. The van der Waals surface area contributed by atoms with Gasteiger partial charge in [-0.05, 0) is 84.4 Å². The molecule has 24 rings (SSSR count). The van der Waals surface area contributed by atoms with Gasteiger partial charge in [0.1, 0.15) is 50.9 Å². The van der Waals surface area contributed by atoms with Crippen molar-refractivity contribution in [3.8, 4) is 135 Å². The van der Waals surface area contributed by atoms with Crippen molar-refractivity contribution in [2.75, 3.05) is 10.6 Å². The SMILES string of the molecule is CCC(=O)Cc1ccc(-c2cnc3n[nH]c(-c4nc5c(-c6cccnc6)cncc5[nH]4)c3c2)cn1.CCC(=O)Nc1cncc(-c2cnc3n[nH]c(-c4nc5c(-c6cccc(F)c6)cncc5[nH]4)c3c2)c1.CCC(=O)Nc1cncc(-c2cnc3n[nH]c(-c4nc5c(-c6cccnc6)cncc5[nH]4)c3c2)c1.c1cncc(-c2cnc3n[nH]c(-c4nc5c(-c6cccnc6)cncc5[nH]4)c3c2)c1. The summed E-state index contributed by atoms with van der Waals surface area (Å²) in [6.07, 6.45) is 45.2. The predicted octanol–water partition coefficient (Wildman–Crippen LogP) is 18.0. The number of carbonyl (C=O) groups excluding carboxylic acids is 3. The van der Waals surface area contributed by atoms with Crippen LogP contribution in [0.25, 0.3) is 223 Å². The van der Waals surface area contributed by atoms with Crippen molar-refractivity contribution < 1.29 is 18.8 Å². The molecule has 0 atom stereocenters. The normalized spacial score (nSPS) is 11.3. The molecule has 136 heavy (non-hydrogen) atoms. The molecule has 0 radical (unpaired) electrons. The molecule has 23 aromatic heterocycles. The first kappa shape index (κ1) is 83.7. The number of H-pyrrole nitrogens is 8. The summed E-state index contributed by atoms with van der Waals surface area (Å²) < 4.78 is 13.8. The van der Waals surface area contributed by atoms with Gasteiger partial charge in [-0.3, -0.25) is 89.6 Å². The Morgan fingerprint density at radius 3 is 0.941 bits per heavy atom. The van der Waals surface area contributed by atoms with Gasteiger partial charge in [0.25, 0.3) is 0 Å². The lowest BCUT2D eigenvalue weighted by Gasteiger charge is -2.06. The minimum atomic E-state index is -0.328. The lowest BCUT2D eigenvalue weighted by Crippen LogP contribution is -2.09. The number of pyridine rings is 15. The number of anilines is 2. The molecule has 37 heteroatoms. The number of nitrogens with zero attached hydrogens (tertiary/aromatic N) is 23. The van der Waals surface area contributed by atoms with Crippen LogP contribution in [0.4, 0.5) is 15.8 Å². The second-order valence-corrected chi connectivity index (χ2v) is 31.3. The van der Waals surface area contributed by atoms with E-state index in [2.05, 4.69) is 146 Å². The summed E-state index contributed by atoms with van der Waals surface area (Å²) in [5.41, 5.74) is 27.4. The van der Waals surface area contributed by atoms with Gasteiger partial charge >= 0.3 is 0 Å². The zero-order chi connectivity index (χ0) is 92.1. The Morgan fingerprint density at radius 1 is 0.294 bits per heavy atom. The van der Waals surface area contributed by atoms with Gasteiger partial charge in [0.15, 0.2) is 45.9 Å². The molecule has 658 valence electrons. The standard InChI is InChI=1S/C26H19FN8O.C26H20N8O.C25H19N9O.C22H14N8/c1-2-22(36)31-18-7-15(9-28-11-18)16-8-19-24(34-35-25(19)30-10-16)26-32-21-13-29-12-20(23(21)33-26)14-4-3-5-17(27)6-14;1-2-19(35)9-18-6-5-15(11-29-18)17-8-20-24(33-34-25(20)30-12-17)26-31-22-14-28-13-21(23(22)32-26)16-4-3-7-27-10-16;1-2-21(35)30-17-6-15(9-27-11-17)16-7-18-23(33-34-24(18)29-10-16)25-31-20-13-28-12-19(22(20)32-25)14-4-3-5-26-8-14;1-3-13(8-23-5-1)15-7-16-20(29-30-21(16)26-10-15)22-27-18-12-25-11-17(19(18)28-22)14-4-2-6-24-9-14/h3-13H,2H2,1H3,(H,31,36)(H,32,33)(H,30,34,35);3-8,10-14H,2,9H2,1H3,(H,31,32)(H,30,33,34);3-13H,2H2,1H3,(H,30,35)(H,31,32)(H,29,33,34);1-12H,(H,27,28)(H,26,29,30). The minimum absolute atomic E-state index is 0.0697. The van der Waals surface area contributed by atoms with Crippen LogP contribution in [-0.2, 0) is 20.8 Å². The fourth-order valence-electron chi connectivity index (χ4n) is 15.6. The Kier molecular flexibility index (Phi) is 22.6. The molecular formula is C99H72FN33O3. The van der Waals surface area contributed by atoms with E-state index in [-0.39, 0.29) is 23.4 Å². The highest BCUT2D eigenvalue weighted by Crippen LogP contribution is 2.39. The highest BCUT2D eigenvalue weighted by molar-refractivity contribution is 6.03. The maximum Gasteiger partial charge on any atom is 0.224 e. The zero-order valence-electron chi connectivity index (χ0n) is 72.2. The first-order valence-electron chi connectivity index (χ1n) is 42.9. The Labute approximate surface area is 767 Å². The van der Waals surface area contributed by atoms with Crippen LogP contribution in [0.2, 0.25) is 0 Å². The van der Waals surface area contributed by atoms with Crippen LogP contribution < -0.4 is 10.6 Å². The van der Waals surface area contributed by atoms with E-state index in [1.807, 2.05) is 116 Å². The van der Waals surface area contributed by atoms with Crippen molar-refractivity contribution in [1.82, 2.24) is 155 Å². The molecule has 0 aliphatic heterocycles. The molecule has 10 N–H and O–H groups in total. The highest BCUT2D eigenvalue weighted by atomic mass is 19.1. The first-order valence-corrected chi connectivity index (χ1v) is 42.9. The quantitative estimate of drug-likeness (QED) is 0.0359. The van der Waals surface area contributed by atoms with E-state index in [0.29, 0.717) is 116 Å². The number of hydrogen-bond donors (Lipinski definition) is 10. The summed E-state index contributed by atoms with van der Waals surface area (Å²) in [6, 6.07) is 37.4. The number of aromatic amines is 8. The lowest BCUT2D eigenvalue weighted by atomic mass is 10.1. The third kappa shape index (κ3) is 17.1. The van der Waals surface area contributed by atoms with Crippen LogP contribution in [-0.4, -0.2) is 173 Å². The van der Waals surface area contributed by atoms with Crippen molar-refractivity contribution in [1.29, 1.82) is 0 Å². The van der Waals surface area contributed by atoms with Crippen molar-refractivity contribution in [2.45, 2.75) is 46.5 Å². The molecule has 2 amide bonds. The van der Waals surface area contributed by atoms with Gasteiger partial charge in [-0.2, -0.15) is 20.4 Å². The van der Waals surface area contributed by atoms with Gasteiger partial charge in [-0.15, -0.1) is 0 Å². The number of halogens is 1. The molecule has 1 aromatic carbocycles. The fraction of sp³-hybridized carbons (Fsp3) is 0.0707. The van der Waals surface area contributed by atoms with Crippen LogP contribution >= 0.6 is 0 Å². The summed E-state index contributed by atoms with van der Waals surface area (Å²) in [5, 5.41) is 38.6. The van der Waals surface area contributed by atoms with Crippen LogP contribution in [0.5, 0.6) is 0 Å². The smallest absolute Gasteiger partial charge is 0.224 e. The molecular weight excluding hydrogens is 1720 g/mol. The number of aromatic nitrogens is 31. The number of ketones is 1. The molecule has 0 bridgehead atoms. The summed E-state index contributed by atoms with van der Waals surface area (Å²) in [5.74, 6) is 2.19. The molecule has 23 heterocycles. The van der Waals surface area contributed by atoms with Crippen molar-refractivity contribution in [3.05, 3.63) is 288 Å². The van der Waals surface area contributed by atoms with Gasteiger partial charge < -0.3 is 30.6 Å². The number of hydrogen-bond acceptors (Lipinski definition) is 26. The molecule has 0 spiro atoms. The molecule has 36 nitrogen and oxygen atoms in total. The fourth-order valence-corrected chi connectivity index (χ4v) is 15.6. The Balaban J connectivity index is 0.000000109. The van der Waals surface area contributed by atoms with Gasteiger partial charge in [0, 0.05) is 233 Å². The second kappa shape index (κ2) is 36.7. The second-order valence-electron chi connectivity index (χ2n) is 31.3. The van der Waals surface area contributed by atoms with E-state index < -0.39 is 0 Å². The van der Waals surface area contributed by atoms with Crippen LogP contribution in [0, 0.1) is 5.82 Å². The van der Waals surface area contributed by atoms with Gasteiger partial charge in [-0.1, -0.05) is 63.2 Å². The Bertz CT molecular complexity index is 8590. The Hall–Kier alpha value is -19.2. The molecule has 0 saturated heterocycles. The van der Waals surface area contributed by atoms with Crippen LogP contribution in [0.1, 0.15) is 45.7 Å². The average molecular weight is 1790 g/mol. The number of fused-ring (bicyclic) bond motifs is 8. The summed E-state index contributed by atoms with van der Waals surface area (Å²) in [6.45, 7) is 5.46. The van der Waals surface area contributed by atoms with E-state index in [0.717, 1.165) is 150 Å². The number of amides is 2. The van der Waals surface area contributed by atoms with Crippen LogP contribution in [0.15, 0.2) is 276 Å². The number of Topliss-reactive ketones (excluding diaryl/α,β-unsaturated/α-hetero) is 1. The van der Waals surface area contributed by atoms with Gasteiger partial charge in [-0.25, -0.2) is 44.3 Å². The molecule has 24 aromatic rings. The average Bonchev–Trinajstić information content (AvgIpc) is 1.63. The van der Waals surface area contributed by atoms with E-state index in [9.17, 15) is 18.8 Å². The molecule has 0 fully saturated rings. The predicted molar refractivity (Wildman–Crippen MR) is 512 cm³/mol. The van der Waals surface area contributed by atoms with Crippen molar-refractivity contribution in [2.24, 2.45) is 0 Å². The van der Waals surface area contributed by atoms with E-state index >= 15 is 0 Å². The molecule has 0 saturated carbocycles. The number of carbonyl (C=O) groups is 3. The minimum Gasteiger partial charge on any atom is -0.335 e. The topological polar surface area (TPSA) is 498 Å². The lowest BCUT2D eigenvalue weighted by molar-refractivity contribution is -0.118. The first-order chi connectivity index (χ1) is 66.8. The summed E-state index contributed by atoms with van der Waals surface area (Å²) >= 11 is 0. The monoisotopic (exact) mass is 1790 g/mol. The van der Waals surface area contributed by atoms with E-state index in [4.69, 9.17) is 19.9 Å². The highest BCUT2D eigenvalue weighted by Gasteiger charge is 2.24. The largest absolute Gasteiger partial charge is 0.335 e. The van der Waals surface area contributed by atoms with E-state index in [1.54, 1.807) is 169 Å². The number of benzene rings is 1. The summed E-state index contributed by atoms with van der Waals surface area (Å²) in [4.78, 5) is 133. The summed E-state index contributed by atoms with van der Waals surface area (Å²) in [7, 11) is 0. The number of imidazole rings is 4. The molecule has 0 aliphatic rings. The molecule has 0 aliphatic carbocycles. The number of rotatable bonds is 19. The van der Waals surface area contributed by atoms with Gasteiger partial charge in [0.2, 0.25) is 11.8 Å². The third-order valence-electron chi connectivity index (χ3n) is 22.5. The number of nitrogens with one attached hydrogen (secondary N) is 10. The van der Waals surface area contributed by atoms with Crippen LogP contribution in [0.3, 0.4) is 0 Å². The maximum absolute atomic E-state index is 13.8. The van der Waals surface area contributed by atoms with E-state index in [1.165, 1.54) is 12.1 Å². The van der Waals surface area contributed by atoms with Crippen molar-refractivity contribution >= 4 is 117 Å². The molecule has 0 unspecified atom stereocenters. The van der Waals surface area contributed by atoms with Gasteiger partial charge in [0.05, 0.1) is 97.7 Å². The third-order valence-corrected chi connectivity index (χ3v) is 22.5. The zero-order valence-corrected chi connectivity index (χ0v) is 72.2.